The van der Waals surface area contributed by atoms with E-state index in [0.717, 1.165) is 22.7 Å². The molecule has 0 amide bonds. The summed E-state index contributed by atoms with van der Waals surface area (Å²) in [6.45, 7) is 8.67. The minimum Gasteiger partial charge on any atom is -0.310 e. The van der Waals surface area contributed by atoms with Gasteiger partial charge in [0.1, 0.15) is 0 Å². The van der Waals surface area contributed by atoms with E-state index in [2.05, 4.69) is 219 Å². The van der Waals surface area contributed by atoms with Gasteiger partial charge in [-0.15, -0.1) is 0 Å². The van der Waals surface area contributed by atoms with Crippen LogP contribution >= 0.6 is 0 Å². The highest BCUT2D eigenvalue weighted by Gasteiger charge is 2.46. The molecule has 1 aromatic heterocycles. The van der Waals surface area contributed by atoms with Gasteiger partial charge in [0, 0.05) is 33.5 Å². The van der Waals surface area contributed by atoms with Crippen LogP contribution in [-0.2, 0) is 5.41 Å². The van der Waals surface area contributed by atoms with Crippen LogP contribution in [0.3, 0.4) is 0 Å². The summed E-state index contributed by atoms with van der Waals surface area (Å²) in [6.07, 6.45) is 0. The summed E-state index contributed by atoms with van der Waals surface area (Å²) in [5, 5.41) is 2.58. The van der Waals surface area contributed by atoms with Crippen molar-refractivity contribution in [1.82, 2.24) is 4.57 Å². The first-order valence-corrected chi connectivity index (χ1v) is 19.3. The van der Waals surface area contributed by atoms with E-state index in [1.807, 2.05) is 0 Å². The number of hydrogen-bond donors (Lipinski definition) is 0. The van der Waals surface area contributed by atoms with Crippen LogP contribution in [0, 0.1) is 27.7 Å². The zero-order valence-electron chi connectivity index (χ0n) is 31.7. The summed E-state index contributed by atoms with van der Waals surface area (Å²) in [5.74, 6) is 0. The van der Waals surface area contributed by atoms with Crippen molar-refractivity contribution in [2.24, 2.45) is 0 Å². The van der Waals surface area contributed by atoms with Crippen molar-refractivity contribution < 1.29 is 0 Å². The van der Waals surface area contributed by atoms with Gasteiger partial charge >= 0.3 is 0 Å². The summed E-state index contributed by atoms with van der Waals surface area (Å²) in [5.41, 5.74) is 19.1. The predicted octanol–water partition coefficient (Wildman–Crippen LogP) is 13.9. The first-order valence-electron chi connectivity index (χ1n) is 19.3. The maximum Gasteiger partial charge on any atom is 0.0715 e. The molecule has 2 nitrogen and oxygen atoms in total. The SMILES string of the molecule is Cc1ccc(N(c2ccc(C)cc2)c2ccc3c(c2)C(c2ccccc2)(c2ccccc2)c2cc(-n4c5ccc(C)cc5c5cc(C)ccc54)ccc2-3)cc1. The number of rotatable bonds is 6. The second-order valence-electron chi connectivity index (χ2n) is 15.3. The molecule has 0 aliphatic heterocycles. The number of aromatic nitrogens is 1. The summed E-state index contributed by atoms with van der Waals surface area (Å²) >= 11 is 0. The van der Waals surface area contributed by atoms with Gasteiger partial charge in [0.15, 0.2) is 0 Å². The van der Waals surface area contributed by atoms with E-state index in [0.29, 0.717) is 0 Å². The van der Waals surface area contributed by atoms with E-state index < -0.39 is 5.41 Å². The molecule has 0 atom stereocenters. The van der Waals surface area contributed by atoms with Crippen molar-refractivity contribution in [2.45, 2.75) is 33.1 Å². The summed E-state index contributed by atoms with van der Waals surface area (Å²) in [7, 11) is 0. The number of anilines is 3. The average molecular weight is 707 g/mol. The fraction of sp³-hybridized carbons (Fsp3) is 0.0943. The Morgan fingerprint density at radius 3 is 1.33 bits per heavy atom. The van der Waals surface area contributed by atoms with Crippen molar-refractivity contribution in [3.63, 3.8) is 0 Å². The molecule has 0 radical (unpaired) electrons. The third-order valence-corrected chi connectivity index (χ3v) is 11.7. The normalized spacial score (nSPS) is 12.9. The smallest absolute Gasteiger partial charge is 0.0715 e. The van der Waals surface area contributed by atoms with Gasteiger partial charge in [0.25, 0.3) is 0 Å². The highest BCUT2D eigenvalue weighted by atomic mass is 15.1. The van der Waals surface area contributed by atoms with Crippen molar-refractivity contribution >= 4 is 38.9 Å². The molecular weight excluding hydrogens is 665 g/mol. The lowest BCUT2D eigenvalue weighted by molar-refractivity contribution is 0.767. The van der Waals surface area contributed by atoms with E-state index >= 15 is 0 Å². The topological polar surface area (TPSA) is 8.17 Å². The van der Waals surface area contributed by atoms with Crippen molar-refractivity contribution in [1.29, 1.82) is 0 Å². The molecule has 1 aliphatic rings. The van der Waals surface area contributed by atoms with Gasteiger partial charge < -0.3 is 9.47 Å². The van der Waals surface area contributed by atoms with Gasteiger partial charge in [0.05, 0.1) is 16.4 Å². The molecule has 55 heavy (non-hydrogen) atoms. The molecule has 10 rings (SSSR count). The molecule has 2 heteroatoms. The Hall–Kier alpha value is -6.64. The monoisotopic (exact) mass is 706 g/mol. The Morgan fingerprint density at radius 2 is 0.818 bits per heavy atom. The fourth-order valence-electron chi connectivity index (χ4n) is 9.11. The van der Waals surface area contributed by atoms with E-state index in [-0.39, 0.29) is 0 Å². The molecule has 0 spiro atoms. The van der Waals surface area contributed by atoms with E-state index in [1.165, 1.54) is 77.4 Å². The summed E-state index contributed by atoms with van der Waals surface area (Å²) in [4.78, 5) is 2.40. The third-order valence-electron chi connectivity index (χ3n) is 11.7. The van der Waals surface area contributed by atoms with Crippen LogP contribution in [-0.4, -0.2) is 4.57 Å². The Balaban J connectivity index is 1.27. The standard InChI is InChI=1S/C53H42N2/c1-35-15-21-41(22-16-35)54(42-23-17-36(2)18-24-42)43-25-27-45-46-28-26-44(55-51-29-19-37(3)31-47(51)48-32-38(4)20-30-52(48)55)34-50(46)53(49(45)33-43,39-11-7-5-8-12-39)40-13-9-6-10-14-40/h5-34H,1-4H3. The second-order valence-corrected chi connectivity index (χ2v) is 15.3. The second kappa shape index (κ2) is 12.7. The molecule has 0 saturated carbocycles. The van der Waals surface area contributed by atoms with Crippen LogP contribution in [0.1, 0.15) is 44.5 Å². The molecule has 1 heterocycles. The van der Waals surface area contributed by atoms with Crippen LogP contribution in [0.4, 0.5) is 17.1 Å². The fourth-order valence-corrected chi connectivity index (χ4v) is 9.11. The number of fused-ring (bicyclic) bond motifs is 6. The lowest BCUT2D eigenvalue weighted by Crippen LogP contribution is -2.29. The zero-order chi connectivity index (χ0) is 37.3. The van der Waals surface area contributed by atoms with Crippen molar-refractivity contribution in [3.8, 4) is 16.8 Å². The number of hydrogen-bond acceptors (Lipinski definition) is 1. The minimum absolute atomic E-state index is 0.572. The highest BCUT2D eigenvalue weighted by molar-refractivity contribution is 6.10. The molecular formula is C53H42N2. The largest absolute Gasteiger partial charge is 0.310 e. The Labute approximate surface area is 323 Å². The Morgan fingerprint density at radius 1 is 0.382 bits per heavy atom. The summed E-state index contributed by atoms with van der Waals surface area (Å²) in [6, 6.07) is 68.1. The number of nitrogens with zero attached hydrogens (tertiary/aromatic N) is 2. The molecule has 1 aliphatic carbocycles. The Bertz CT molecular complexity index is 2740. The van der Waals surface area contributed by atoms with Gasteiger partial charge in [0.2, 0.25) is 0 Å². The average Bonchev–Trinajstić information content (AvgIpc) is 3.69. The zero-order valence-corrected chi connectivity index (χ0v) is 31.7. The van der Waals surface area contributed by atoms with Gasteiger partial charge in [-0.1, -0.05) is 131 Å². The minimum atomic E-state index is -0.572. The number of benzene rings is 8. The lowest BCUT2D eigenvalue weighted by atomic mass is 9.67. The van der Waals surface area contributed by atoms with Crippen LogP contribution in [0.15, 0.2) is 182 Å². The van der Waals surface area contributed by atoms with E-state index in [9.17, 15) is 0 Å². The quantitative estimate of drug-likeness (QED) is 0.167. The number of aryl methyl sites for hydroxylation is 4. The molecule has 0 N–H and O–H groups in total. The molecule has 0 bridgehead atoms. The van der Waals surface area contributed by atoms with Gasteiger partial charge in [-0.25, -0.2) is 0 Å². The van der Waals surface area contributed by atoms with Crippen LogP contribution < -0.4 is 4.90 Å². The van der Waals surface area contributed by atoms with Crippen molar-refractivity contribution in [2.75, 3.05) is 4.90 Å². The maximum absolute atomic E-state index is 2.48. The first kappa shape index (κ1) is 33.0. The molecule has 8 aromatic carbocycles. The van der Waals surface area contributed by atoms with E-state index in [4.69, 9.17) is 0 Å². The molecule has 0 unspecified atom stereocenters. The van der Waals surface area contributed by atoms with Crippen LogP contribution in [0.2, 0.25) is 0 Å². The lowest BCUT2D eigenvalue weighted by Gasteiger charge is -2.35. The van der Waals surface area contributed by atoms with Gasteiger partial charge in [-0.2, -0.15) is 0 Å². The third kappa shape index (κ3) is 5.16. The first-order chi connectivity index (χ1) is 26.9. The van der Waals surface area contributed by atoms with Crippen LogP contribution in [0.5, 0.6) is 0 Å². The van der Waals surface area contributed by atoms with Crippen molar-refractivity contribution in [3.05, 3.63) is 226 Å². The molecule has 0 saturated heterocycles. The molecule has 0 fully saturated rings. The summed E-state index contributed by atoms with van der Waals surface area (Å²) < 4.78 is 2.47. The molecule has 264 valence electrons. The molecule has 9 aromatic rings. The Kier molecular flexibility index (Phi) is 7.64. The van der Waals surface area contributed by atoms with Crippen LogP contribution in [0.25, 0.3) is 38.6 Å². The van der Waals surface area contributed by atoms with Gasteiger partial charge in [-0.05, 0) is 134 Å². The van der Waals surface area contributed by atoms with Gasteiger partial charge in [-0.3, -0.25) is 0 Å². The maximum atomic E-state index is 2.48. The van der Waals surface area contributed by atoms with E-state index in [1.54, 1.807) is 0 Å². The predicted molar refractivity (Wildman–Crippen MR) is 232 cm³/mol. The highest BCUT2D eigenvalue weighted by Crippen LogP contribution is 2.58.